The van der Waals surface area contributed by atoms with Crippen molar-refractivity contribution in [3.8, 4) is 0 Å². The maximum absolute atomic E-state index is 5.74. The van der Waals surface area contributed by atoms with Crippen molar-refractivity contribution in [1.82, 2.24) is 0 Å². The first-order chi connectivity index (χ1) is 7.07. The molecule has 1 fully saturated rings. The summed E-state index contributed by atoms with van der Waals surface area (Å²) < 4.78 is 7.05. The van der Waals surface area contributed by atoms with Crippen LogP contribution in [0.4, 0.5) is 0 Å². The summed E-state index contributed by atoms with van der Waals surface area (Å²) in [6, 6.07) is 8.90. The second-order valence-electron chi connectivity index (χ2n) is 4.85. The van der Waals surface area contributed by atoms with E-state index in [-0.39, 0.29) is 5.60 Å². The van der Waals surface area contributed by atoms with Gasteiger partial charge in [-0.05, 0) is 72.9 Å². The normalized spacial score (nSPS) is 25.1. The number of hydrogen-bond donors (Lipinski definition) is 0. The lowest BCUT2D eigenvalue weighted by Gasteiger charge is -2.35. The van der Waals surface area contributed by atoms with Gasteiger partial charge in [-0.15, -0.1) is 0 Å². The van der Waals surface area contributed by atoms with Gasteiger partial charge in [-0.25, -0.2) is 0 Å². The van der Waals surface area contributed by atoms with E-state index in [1.165, 1.54) is 9.13 Å². The Bertz CT molecular complexity index is 329. The van der Waals surface area contributed by atoms with Gasteiger partial charge in [-0.2, -0.15) is 0 Å². The molecule has 0 spiro atoms. The van der Waals surface area contributed by atoms with E-state index in [1.54, 1.807) is 0 Å². The average Bonchev–Trinajstić information content (AvgIpc) is 2.17. The summed E-state index contributed by atoms with van der Waals surface area (Å²) in [5.74, 6) is 0.672. The van der Waals surface area contributed by atoms with Gasteiger partial charge in [0.15, 0.2) is 0 Å². The molecule has 0 amide bonds. The zero-order valence-electron chi connectivity index (χ0n) is 9.29. The molecule has 15 heavy (non-hydrogen) atoms. The van der Waals surface area contributed by atoms with Crippen molar-refractivity contribution >= 4 is 22.6 Å². The number of halogens is 1. The van der Waals surface area contributed by atoms with E-state index in [2.05, 4.69) is 60.7 Å². The highest BCUT2D eigenvalue weighted by molar-refractivity contribution is 14.1. The van der Waals surface area contributed by atoms with Gasteiger partial charge in [0.25, 0.3) is 0 Å². The molecular formula is C13H17IO. The van der Waals surface area contributed by atoms with E-state index in [9.17, 15) is 0 Å². The van der Waals surface area contributed by atoms with Gasteiger partial charge in [0.2, 0.25) is 0 Å². The van der Waals surface area contributed by atoms with Gasteiger partial charge >= 0.3 is 0 Å². The van der Waals surface area contributed by atoms with Crippen LogP contribution >= 0.6 is 22.6 Å². The van der Waals surface area contributed by atoms with E-state index >= 15 is 0 Å². The van der Waals surface area contributed by atoms with Gasteiger partial charge < -0.3 is 4.74 Å². The Balaban J connectivity index is 2.13. The highest BCUT2D eigenvalue weighted by Crippen LogP contribution is 2.35. The lowest BCUT2D eigenvalue weighted by atomic mass is 9.84. The molecule has 1 saturated heterocycles. The first kappa shape index (κ1) is 11.4. The fraction of sp³-hybridized carbons (Fsp3) is 0.538. The van der Waals surface area contributed by atoms with Crippen molar-refractivity contribution in [2.45, 2.75) is 38.2 Å². The molecule has 1 aromatic carbocycles. The largest absolute Gasteiger partial charge is 0.376 e. The molecule has 0 aliphatic carbocycles. The molecule has 1 atom stereocenters. The Kier molecular flexibility index (Phi) is 3.36. The Morgan fingerprint density at radius 2 is 1.93 bits per heavy atom. The minimum atomic E-state index is 0.0475. The first-order valence-corrected chi connectivity index (χ1v) is 6.54. The zero-order valence-corrected chi connectivity index (χ0v) is 11.5. The Morgan fingerprint density at radius 3 is 2.53 bits per heavy atom. The SMILES string of the molecule is CC1(C)C[C@@H](c2ccc(I)cc2)CCO1. The number of rotatable bonds is 1. The Labute approximate surface area is 105 Å². The van der Waals surface area contributed by atoms with Gasteiger partial charge in [0.1, 0.15) is 0 Å². The van der Waals surface area contributed by atoms with Crippen LogP contribution in [-0.2, 0) is 4.74 Å². The fourth-order valence-corrected chi connectivity index (χ4v) is 2.61. The van der Waals surface area contributed by atoms with Crippen LogP contribution in [0.25, 0.3) is 0 Å². The predicted octanol–water partition coefficient (Wildman–Crippen LogP) is 3.96. The van der Waals surface area contributed by atoms with Gasteiger partial charge in [-0.1, -0.05) is 12.1 Å². The first-order valence-electron chi connectivity index (χ1n) is 5.46. The third-order valence-electron chi connectivity index (χ3n) is 3.04. The van der Waals surface area contributed by atoms with Crippen molar-refractivity contribution < 1.29 is 4.74 Å². The fourth-order valence-electron chi connectivity index (χ4n) is 2.25. The molecule has 2 heteroatoms. The summed E-state index contributed by atoms with van der Waals surface area (Å²) in [5, 5.41) is 0. The van der Waals surface area contributed by atoms with Gasteiger partial charge in [0, 0.05) is 10.2 Å². The van der Waals surface area contributed by atoms with Crippen molar-refractivity contribution in [2.24, 2.45) is 0 Å². The molecule has 1 nitrogen and oxygen atoms in total. The van der Waals surface area contributed by atoms with Crippen molar-refractivity contribution in [2.75, 3.05) is 6.61 Å². The molecule has 0 bridgehead atoms. The summed E-state index contributed by atoms with van der Waals surface area (Å²) in [5.41, 5.74) is 1.51. The highest BCUT2D eigenvalue weighted by Gasteiger charge is 2.29. The molecule has 1 heterocycles. The maximum atomic E-state index is 5.74. The summed E-state index contributed by atoms with van der Waals surface area (Å²) in [7, 11) is 0. The van der Waals surface area contributed by atoms with Crippen molar-refractivity contribution in [1.29, 1.82) is 0 Å². The summed E-state index contributed by atoms with van der Waals surface area (Å²) in [6.07, 6.45) is 2.29. The second kappa shape index (κ2) is 4.42. The monoisotopic (exact) mass is 316 g/mol. The van der Waals surface area contributed by atoms with Crippen LogP contribution in [0.5, 0.6) is 0 Å². The maximum Gasteiger partial charge on any atom is 0.0632 e. The predicted molar refractivity (Wildman–Crippen MR) is 71.2 cm³/mol. The summed E-state index contributed by atoms with van der Waals surface area (Å²) >= 11 is 2.35. The highest BCUT2D eigenvalue weighted by atomic mass is 127. The molecule has 0 N–H and O–H groups in total. The topological polar surface area (TPSA) is 9.23 Å². The molecule has 1 aliphatic heterocycles. The van der Waals surface area contributed by atoms with Crippen molar-refractivity contribution in [3.05, 3.63) is 33.4 Å². The Morgan fingerprint density at radius 1 is 1.27 bits per heavy atom. The number of benzene rings is 1. The second-order valence-corrected chi connectivity index (χ2v) is 6.10. The lowest BCUT2D eigenvalue weighted by molar-refractivity contribution is -0.0593. The molecular weight excluding hydrogens is 299 g/mol. The van der Waals surface area contributed by atoms with Gasteiger partial charge in [-0.3, -0.25) is 0 Å². The van der Waals surface area contributed by atoms with E-state index in [0.717, 1.165) is 19.4 Å². The quantitative estimate of drug-likeness (QED) is 0.713. The van der Waals surface area contributed by atoms with Gasteiger partial charge in [0.05, 0.1) is 5.60 Å². The molecule has 0 unspecified atom stereocenters. The number of hydrogen-bond acceptors (Lipinski definition) is 1. The minimum Gasteiger partial charge on any atom is -0.376 e. The van der Waals surface area contributed by atoms with E-state index in [4.69, 9.17) is 4.74 Å². The van der Waals surface area contributed by atoms with Crippen LogP contribution < -0.4 is 0 Å². The molecule has 0 radical (unpaired) electrons. The Hall–Kier alpha value is -0.0900. The third-order valence-corrected chi connectivity index (χ3v) is 3.76. The molecule has 1 aromatic rings. The van der Waals surface area contributed by atoms with Crippen LogP contribution in [0.2, 0.25) is 0 Å². The van der Waals surface area contributed by atoms with Crippen LogP contribution in [-0.4, -0.2) is 12.2 Å². The van der Waals surface area contributed by atoms with Crippen LogP contribution in [0.1, 0.15) is 38.2 Å². The molecule has 1 aliphatic rings. The van der Waals surface area contributed by atoms with E-state index in [1.807, 2.05) is 0 Å². The smallest absolute Gasteiger partial charge is 0.0632 e. The molecule has 0 aromatic heterocycles. The van der Waals surface area contributed by atoms with Crippen molar-refractivity contribution in [3.63, 3.8) is 0 Å². The number of ether oxygens (including phenoxy) is 1. The van der Waals surface area contributed by atoms with Crippen LogP contribution in [0.15, 0.2) is 24.3 Å². The van der Waals surface area contributed by atoms with E-state index < -0.39 is 0 Å². The lowest BCUT2D eigenvalue weighted by Crippen LogP contribution is -2.32. The minimum absolute atomic E-state index is 0.0475. The molecule has 0 saturated carbocycles. The molecule has 82 valence electrons. The average molecular weight is 316 g/mol. The van der Waals surface area contributed by atoms with E-state index in [0.29, 0.717) is 5.92 Å². The zero-order chi connectivity index (χ0) is 10.9. The third kappa shape index (κ3) is 2.94. The van der Waals surface area contributed by atoms with Crippen LogP contribution in [0, 0.1) is 3.57 Å². The van der Waals surface area contributed by atoms with Crippen LogP contribution in [0.3, 0.4) is 0 Å². The summed E-state index contributed by atoms with van der Waals surface area (Å²) in [6.45, 7) is 5.27. The standard InChI is InChI=1S/C13H17IO/c1-13(2)9-11(7-8-15-13)10-3-5-12(14)6-4-10/h3-6,11H,7-9H2,1-2H3/t11-/m0/s1. The summed E-state index contributed by atoms with van der Waals surface area (Å²) in [4.78, 5) is 0. The molecule has 2 rings (SSSR count).